The Morgan fingerprint density at radius 3 is 3.00 bits per heavy atom. The summed E-state index contributed by atoms with van der Waals surface area (Å²) in [5.74, 6) is 0. The first-order valence-electron chi connectivity index (χ1n) is 4.93. The monoisotopic (exact) mass is 195 g/mol. The molecule has 1 aliphatic heterocycles. The van der Waals surface area contributed by atoms with Gasteiger partial charge < -0.3 is 0 Å². The van der Waals surface area contributed by atoms with Gasteiger partial charge in [-0.3, -0.25) is 4.79 Å². The molecule has 0 unspecified atom stereocenters. The van der Waals surface area contributed by atoms with E-state index in [9.17, 15) is 4.79 Å². The minimum absolute atomic E-state index is 0.714. The van der Waals surface area contributed by atoms with Crippen LogP contribution in [-0.4, -0.2) is 12.0 Å². The molecule has 1 heterocycles. The first kappa shape index (κ1) is 8.36. The van der Waals surface area contributed by atoms with Crippen LogP contribution in [0.3, 0.4) is 0 Å². The zero-order valence-electron chi connectivity index (χ0n) is 8.10. The number of carbonyl (C=O) groups excluding carboxylic acids is 1. The number of rotatable bonds is 1. The van der Waals surface area contributed by atoms with Crippen LogP contribution in [0, 0.1) is 0 Å². The van der Waals surface area contributed by atoms with Crippen molar-refractivity contribution in [3.63, 3.8) is 0 Å². The number of nitrogens with zero attached hydrogens (tertiary/aromatic N) is 1. The van der Waals surface area contributed by atoms with Crippen LogP contribution < -0.4 is 0 Å². The highest BCUT2D eigenvalue weighted by atomic mass is 16.1. The number of hydrogen-bond acceptors (Lipinski definition) is 2. The van der Waals surface area contributed by atoms with Gasteiger partial charge >= 0.3 is 0 Å². The fourth-order valence-corrected chi connectivity index (χ4v) is 2.07. The minimum Gasteiger partial charge on any atom is -0.298 e. The molecule has 0 atom stereocenters. The molecule has 2 aliphatic rings. The molecule has 0 fully saturated rings. The van der Waals surface area contributed by atoms with E-state index >= 15 is 0 Å². The normalized spacial score (nSPS) is 17.2. The molecule has 0 N–H and O–H groups in total. The predicted octanol–water partition coefficient (Wildman–Crippen LogP) is 2.69. The molecule has 0 spiro atoms. The Morgan fingerprint density at radius 2 is 2.13 bits per heavy atom. The average Bonchev–Trinajstić information content (AvgIpc) is 2.67. The molecule has 2 heteroatoms. The Kier molecular flexibility index (Phi) is 1.68. The topological polar surface area (TPSA) is 29.4 Å². The molecule has 0 saturated heterocycles. The third-order valence-corrected chi connectivity index (χ3v) is 2.75. The number of fused-ring (bicyclic) bond motifs is 3. The molecule has 1 aromatic carbocycles. The second-order valence-corrected chi connectivity index (χ2v) is 3.64. The van der Waals surface area contributed by atoms with E-state index < -0.39 is 0 Å². The van der Waals surface area contributed by atoms with Crippen LogP contribution in [0.2, 0.25) is 0 Å². The molecule has 1 aliphatic carbocycles. The number of carbonyl (C=O) groups is 1. The molecule has 72 valence electrons. The van der Waals surface area contributed by atoms with Gasteiger partial charge in [-0.15, -0.1) is 0 Å². The first-order valence-corrected chi connectivity index (χ1v) is 4.93. The quantitative estimate of drug-likeness (QED) is 0.633. The van der Waals surface area contributed by atoms with E-state index in [2.05, 4.69) is 4.99 Å². The first-order chi connectivity index (χ1) is 7.40. The predicted molar refractivity (Wildman–Crippen MR) is 60.3 cm³/mol. The van der Waals surface area contributed by atoms with Crippen molar-refractivity contribution in [2.75, 3.05) is 0 Å². The molecule has 15 heavy (non-hydrogen) atoms. The lowest BCUT2D eigenvalue weighted by atomic mass is 9.92. The van der Waals surface area contributed by atoms with E-state index in [1.54, 1.807) is 0 Å². The Labute approximate surface area is 87.7 Å². The van der Waals surface area contributed by atoms with Crippen molar-refractivity contribution in [2.45, 2.75) is 6.42 Å². The zero-order chi connectivity index (χ0) is 10.3. The van der Waals surface area contributed by atoms with Gasteiger partial charge in [-0.25, -0.2) is 4.99 Å². The third-order valence-electron chi connectivity index (χ3n) is 2.75. The number of para-hydroxylation sites is 1. The van der Waals surface area contributed by atoms with E-state index in [1.165, 1.54) is 0 Å². The molecular weight excluding hydrogens is 186 g/mol. The molecule has 0 radical (unpaired) electrons. The Morgan fingerprint density at radius 1 is 1.27 bits per heavy atom. The van der Waals surface area contributed by atoms with Gasteiger partial charge in [0.1, 0.15) is 6.29 Å². The molecule has 2 nitrogen and oxygen atoms in total. The maximum absolute atomic E-state index is 11.0. The SMILES string of the molecule is O=CC1=C2C(=Nc3ccccc32)C=CC1. The van der Waals surface area contributed by atoms with Crippen LogP contribution in [0.4, 0.5) is 5.69 Å². The highest BCUT2D eigenvalue weighted by molar-refractivity contribution is 6.36. The molecular formula is C13H9NO. The van der Waals surface area contributed by atoms with Crippen LogP contribution >= 0.6 is 0 Å². The zero-order valence-corrected chi connectivity index (χ0v) is 8.10. The van der Waals surface area contributed by atoms with Crippen molar-refractivity contribution >= 4 is 23.3 Å². The molecule has 3 rings (SSSR count). The van der Waals surface area contributed by atoms with Crippen LogP contribution in [0.5, 0.6) is 0 Å². The highest BCUT2D eigenvalue weighted by Gasteiger charge is 2.23. The molecule has 0 bridgehead atoms. The number of allylic oxidation sites excluding steroid dienone is 4. The van der Waals surface area contributed by atoms with Crippen molar-refractivity contribution in [1.82, 2.24) is 0 Å². The summed E-state index contributed by atoms with van der Waals surface area (Å²) in [6.07, 6.45) is 5.63. The average molecular weight is 195 g/mol. The molecule has 1 aromatic rings. The Bertz CT molecular complexity index is 535. The number of aliphatic imine (C=N–C) groups is 1. The molecule has 0 saturated carbocycles. The van der Waals surface area contributed by atoms with Crippen LogP contribution in [0.15, 0.2) is 47.0 Å². The Hall–Kier alpha value is -1.96. The number of aldehydes is 1. The third kappa shape index (κ3) is 1.11. The summed E-state index contributed by atoms with van der Waals surface area (Å²) in [7, 11) is 0. The maximum atomic E-state index is 11.0. The maximum Gasteiger partial charge on any atom is 0.147 e. The lowest BCUT2D eigenvalue weighted by Crippen LogP contribution is -2.03. The van der Waals surface area contributed by atoms with Gasteiger partial charge in [0.05, 0.1) is 11.4 Å². The van der Waals surface area contributed by atoms with E-state index in [1.807, 2.05) is 36.4 Å². The van der Waals surface area contributed by atoms with Crippen LogP contribution in [0.25, 0.3) is 5.57 Å². The molecule has 0 amide bonds. The summed E-state index contributed by atoms with van der Waals surface area (Å²) >= 11 is 0. The largest absolute Gasteiger partial charge is 0.298 e. The van der Waals surface area contributed by atoms with Gasteiger partial charge in [0, 0.05) is 16.7 Å². The van der Waals surface area contributed by atoms with E-state index in [0.717, 1.165) is 34.4 Å². The van der Waals surface area contributed by atoms with Gasteiger partial charge in [0.2, 0.25) is 0 Å². The lowest BCUT2D eigenvalue weighted by Gasteiger charge is -2.09. The summed E-state index contributed by atoms with van der Waals surface area (Å²) in [5.41, 5.74) is 4.82. The molecule has 0 aromatic heterocycles. The number of benzene rings is 1. The smallest absolute Gasteiger partial charge is 0.147 e. The van der Waals surface area contributed by atoms with E-state index in [4.69, 9.17) is 0 Å². The summed E-state index contributed by atoms with van der Waals surface area (Å²) < 4.78 is 0. The lowest BCUT2D eigenvalue weighted by molar-refractivity contribution is -0.104. The van der Waals surface area contributed by atoms with Crippen LogP contribution in [0.1, 0.15) is 12.0 Å². The minimum atomic E-state index is 0.714. The highest BCUT2D eigenvalue weighted by Crippen LogP contribution is 2.38. The van der Waals surface area contributed by atoms with Crippen LogP contribution in [-0.2, 0) is 4.79 Å². The van der Waals surface area contributed by atoms with E-state index in [0.29, 0.717) is 6.42 Å². The van der Waals surface area contributed by atoms with Crippen molar-refractivity contribution < 1.29 is 4.79 Å². The fraction of sp³-hybridized carbons (Fsp3) is 0.0769. The summed E-state index contributed by atoms with van der Waals surface area (Å²) in [6.45, 7) is 0. The Balaban J connectivity index is 2.30. The fourth-order valence-electron chi connectivity index (χ4n) is 2.07. The second kappa shape index (κ2) is 3.02. The van der Waals surface area contributed by atoms with Crippen molar-refractivity contribution in [2.24, 2.45) is 4.99 Å². The van der Waals surface area contributed by atoms with Crippen molar-refractivity contribution in [3.8, 4) is 0 Å². The van der Waals surface area contributed by atoms with Gasteiger partial charge in [-0.2, -0.15) is 0 Å². The van der Waals surface area contributed by atoms with Crippen molar-refractivity contribution in [3.05, 3.63) is 47.6 Å². The van der Waals surface area contributed by atoms with Gasteiger partial charge in [0.25, 0.3) is 0 Å². The van der Waals surface area contributed by atoms with Gasteiger partial charge in [-0.1, -0.05) is 24.3 Å². The number of hydrogen-bond donors (Lipinski definition) is 0. The van der Waals surface area contributed by atoms with Gasteiger partial charge in [-0.05, 0) is 18.6 Å². The van der Waals surface area contributed by atoms with Gasteiger partial charge in [0.15, 0.2) is 0 Å². The van der Waals surface area contributed by atoms with Crippen molar-refractivity contribution in [1.29, 1.82) is 0 Å². The summed E-state index contributed by atoms with van der Waals surface area (Å²) in [4.78, 5) is 15.5. The standard InChI is InChI=1S/C13H9NO/c15-8-9-4-3-7-12-13(9)10-5-1-2-6-11(10)14-12/h1-3,5-8H,4H2. The summed E-state index contributed by atoms with van der Waals surface area (Å²) in [5, 5.41) is 0. The summed E-state index contributed by atoms with van der Waals surface area (Å²) in [6, 6.07) is 7.93. The second-order valence-electron chi connectivity index (χ2n) is 3.64. The van der Waals surface area contributed by atoms with E-state index in [-0.39, 0.29) is 0 Å².